The van der Waals surface area contributed by atoms with Crippen molar-refractivity contribution in [3.8, 4) is 0 Å². The molecule has 0 spiro atoms. The summed E-state index contributed by atoms with van der Waals surface area (Å²) in [6, 6.07) is -0.121. The zero-order chi connectivity index (χ0) is 16.2. The van der Waals surface area contributed by atoms with Crippen LogP contribution >= 0.6 is 11.3 Å². The summed E-state index contributed by atoms with van der Waals surface area (Å²) in [6.07, 6.45) is 6.35. The number of amides is 2. The molecule has 1 N–H and O–H groups in total. The van der Waals surface area contributed by atoms with Crippen molar-refractivity contribution < 1.29 is 4.79 Å². The molecule has 2 aromatic heterocycles. The fraction of sp³-hybridized carbons (Fsp3) is 0.600. The van der Waals surface area contributed by atoms with Gasteiger partial charge in [0.25, 0.3) is 0 Å². The van der Waals surface area contributed by atoms with Crippen molar-refractivity contribution in [1.29, 1.82) is 0 Å². The van der Waals surface area contributed by atoms with Crippen LogP contribution in [0.2, 0.25) is 0 Å². The van der Waals surface area contributed by atoms with Gasteiger partial charge in [-0.15, -0.1) is 21.5 Å². The van der Waals surface area contributed by atoms with Gasteiger partial charge >= 0.3 is 6.03 Å². The molecule has 1 aliphatic rings. The van der Waals surface area contributed by atoms with E-state index in [1.807, 2.05) is 13.1 Å². The lowest BCUT2D eigenvalue weighted by atomic mass is 10.2. The van der Waals surface area contributed by atoms with Crippen molar-refractivity contribution in [1.82, 2.24) is 30.0 Å². The third-order valence-corrected chi connectivity index (χ3v) is 4.88. The topological polar surface area (TPSA) is 75.9 Å². The highest BCUT2D eigenvalue weighted by Crippen LogP contribution is 2.15. The van der Waals surface area contributed by atoms with Gasteiger partial charge in [-0.05, 0) is 19.8 Å². The van der Waals surface area contributed by atoms with Gasteiger partial charge in [-0.25, -0.2) is 9.78 Å². The first-order chi connectivity index (χ1) is 11.1. The molecule has 0 fully saturated rings. The van der Waals surface area contributed by atoms with Crippen molar-refractivity contribution in [3.63, 3.8) is 0 Å². The SMILES string of the molecule is Cc1cnc(CNC(=O)N(C)Cc2nnc3n2CCCCC3)s1. The number of thiazole rings is 1. The largest absolute Gasteiger partial charge is 0.331 e. The van der Waals surface area contributed by atoms with Gasteiger partial charge in [0.1, 0.15) is 10.8 Å². The highest BCUT2D eigenvalue weighted by molar-refractivity contribution is 7.11. The van der Waals surface area contributed by atoms with Gasteiger partial charge in [-0.2, -0.15) is 0 Å². The van der Waals surface area contributed by atoms with E-state index in [2.05, 4.69) is 25.1 Å². The number of fused-ring (bicyclic) bond motifs is 1. The molecule has 0 atom stereocenters. The first-order valence-electron chi connectivity index (χ1n) is 7.94. The molecule has 7 nitrogen and oxygen atoms in total. The molecular formula is C15H22N6OS. The van der Waals surface area contributed by atoms with Crippen molar-refractivity contribution in [2.45, 2.75) is 52.2 Å². The number of aromatic nitrogens is 4. The quantitative estimate of drug-likeness (QED) is 0.929. The molecule has 23 heavy (non-hydrogen) atoms. The Morgan fingerprint density at radius 3 is 3.04 bits per heavy atom. The van der Waals surface area contributed by atoms with Crippen LogP contribution in [0.3, 0.4) is 0 Å². The maximum absolute atomic E-state index is 12.2. The normalized spacial score (nSPS) is 14.2. The van der Waals surface area contributed by atoms with Gasteiger partial charge in [0, 0.05) is 31.1 Å². The number of carbonyl (C=O) groups excluding carboxylic acids is 1. The van der Waals surface area contributed by atoms with Crippen molar-refractivity contribution in [2.24, 2.45) is 0 Å². The minimum Gasteiger partial charge on any atom is -0.331 e. The lowest BCUT2D eigenvalue weighted by Gasteiger charge is -2.17. The molecule has 0 radical (unpaired) electrons. The predicted molar refractivity (Wildman–Crippen MR) is 88.1 cm³/mol. The van der Waals surface area contributed by atoms with Gasteiger partial charge in [0.2, 0.25) is 0 Å². The summed E-state index contributed by atoms with van der Waals surface area (Å²) in [5.74, 6) is 1.91. The molecule has 0 aliphatic carbocycles. The van der Waals surface area contributed by atoms with Crippen LogP contribution in [0.1, 0.15) is 40.8 Å². The smallest absolute Gasteiger partial charge is 0.317 e. The maximum atomic E-state index is 12.2. The zero-order valence-corrected chi connectivity index (χ0v) is 14.4. The van der Waals surface area contributed by atoms with E-state index < -0.39 is 0 Å². The van der Waals surface area contributed by atoms with E-state index >= 15 is 0 Å². The van der Waals surface area contributed by atoms with Gasteiger partial charge < -0.3 is 14.8 Å². The van der Waals surface area contributed by atoms with E-state index in [0.29, 0.717) is 13.1 Å². The Labute approximate surface area is 139 Å². The van der Waals surface area contributed by atoms with E-state index in [4.69, 9.17) is 0 Å². The number of nitrogens with zero attached hydrogens (tertiary/aromatic N) is 5. The molecule has 1 aliphatic heterocycles. The van der Waals surface area contributed by atoms with Crippen LogP contribution in [0.25, 0.3) is 0 Å². The number of nitrogens with one attached hydrogen (secondary N) is 1. The standard InChI is InChI=1S/C15H22N6OS/c1-11-8-16-14(23-11)9-17-15(22)20(2)10-13-19-18-12-6-4-3-5-7-21(12)13/h8H,3-7,9-10H2,1-2H3,(H,17,22). The van der Waals surface area contributed by atoms with E-state index in [1.165, 1.54) is 12.8 Å². The number of aryl methyl sites for hydroxylation is 2. The zero-order valence-electron chi connectivity index (χ0n) is 13.6. The third kappa shape index (κ3) is 3.87. The lowest BCUT2D eigenvalue weighted by molar-refractivity contribution is 0.204. The molecule has 0 bridgehead atoms. The third-order valence-electron chi connectivity index (χ3n) is 3.97. The Balaban J connectivity index is 1.57. The molecule has 0 saturated carbocycles. The summed E-state index contributed by atoms with van der Waals surface area (Å²) in [5.41, 5.74) is 0. The van der Waals surface area contributed by atoms with Crippen LogP contribution in [-0.2, 0) is 26.1 Å². The summed E-state index contributed by atoms with van der Waals surface area (Å²) in [4.78, 5) is 19.3. The van der Waals surface area contributed by atoms with Crippen LogP contribution in [0.5, 0.6) is 0 Å². The number of rotatable bonds is 4. The van der Waals surface area contributed by atoms with Gasteiger partial charge in [-0.1, -0.05) is 6.42 Å². The number of urea groups is 1. The molecular weight excluding hydrogens is 312 g/mol. The Bertz CT molecular complexity index is 679. The van der Waals surface area contributed by atoms with Crippen LogP contribution < -0.4 is 5.32 Å². The van der Waals surface area contributed by atoms with E-state index in [1.54, 1.807) is 23.3 Å². The first-order valence-corrected chi connectivity index (χ1v) is 8.76. The summed E-state index contributed by atoms with van der Waals surface area (Å²) in [7, 11) is 1.78. The average Bonchev–Trinajstić information content (AvgIpc) is 3.03. The van der Waals surface area contributed by atoms with Crippen molar-refractivity contribution in [2.75, 3.05) is 7.05 Å². The molecule has 0 saturated heterocycles. The van der Waals surface area contributed by atoms with E-state index in [0.717, 1.165) is 40.9 Å². The van der Waals surface area contributed by atoms with E-state index in [9.17, 15) is 4.79 Å². The number of carbonyl (C=O) groups is 1. The molecule has 3 rings (SSSR count). The molecule has 0 aromatic carbocycles. The van der Waals surface area contributed by atoms with Crippen LogP contribution in [-0.4, -0.2) is 37.7 Å². The van der Waals surface area contributed by atoms with Crippen LogP contribution in [0.4, 0.5) is 4.79 Å². The summed E-state index contributed by atoms with van der Waals surface area (Å²) >= 11 is 1.60. The first kappa shape index (κ1) is 15.9. The fourth-order valence-electron chi connectivity index (χ4n) is 2.72. The second-order valence-corrected chi connectivity index (χ2v) is 7.19. The van der Waals surface area contributed by atoms with E-state index in [-0.39, 0.29) is 6.03 Å². The van der Waals surface area contributed by atoms with Crippen LogP contribution in [0.15, 0.2) is 6.20 Å². The lowest BCUT2D eigenvalue weighted by Crippen LogP contribution is -2.37. The molecule has 2 amide bonds. The van der Waals surface area contributed by atoms with Gasteiger partial charge in [0.15, 0.2) is 5.82 Å². The predicted octanol–water partition coefficient (Wildman–Crippen LogP) is 2.11. The number of hydrogen-bond donors (Lipinski definition) is 1. The fourth-order valence-corrected chi connectivity index (χ4v) is 3.44. The summed E-state index contributed by atoms with van der Waals surface area (Å²) < 4.78 is 2.17. The Kier molecular flexibility index (Phi) is 4.90. The molecule has 124 valence electrons. The Morgan fingerprint density at radius 2 is 2.26 bits per heavy atom. The highest BCUT2D eigenvalue weighted by Gasteiger charge is 2.18. The Morgan fingerprint density at radius 1 is 1.39 bits per heavy atom. The van der Waals surface area contributed by atoms with Crippen molar-refractivity contribution >= 4 is 17.4 Å². The van der Waals surface area contributed by atoms with Crippen molar-refractivity contribution in [3.05, 3.63) is 27.7 Å². The molecule has 2 aromatic rings. The Hall–Kier alpha value is -1.96. The molecule has 0 unspecified atom stereocenters. The molecule has 8 heteroatoms. The number of hydrogen-bond acceptors (Lipinski definition) is 5. The monoisotopic (exact) mass is 334 g/mol. The minimum atomic E-state index is -0.121. The summed E-state index contributed by atoms with van der Waals surface area (Å²) in [6.45, 7) is 3.88. The summed E-state index contributed by atoms with van der Waals surface area (Å²) in [5, 5.41) is 12.3. The van der Waals surface area contributed by atoms with Crippen LogP contribution in [0, 0.1) is 6.92 Å². The maximum Gasteiger partial charge on any atom is 0.317 e. The molecule has 3 heterocycles. The van der Waals surface area contributed by atoms with Gasteiger partial charge in [-0.3, -0.25) is 0 Å². The second kappa shape index (κ2) is 7.08. The average molecular weight is 334 g/mol. The van der Waals surface area contributed by atoms with Gasteiger partial charge in [0.05, 0.1) is 13.1 Å². The minimum absolute atomic E-state index is 0.121. The second-order valence-electron chi connectivity index (χ2n) is 5.87. The highest BCUT2D eigenvalue weighted by atomic mass is 32.1.